The van der Waals surface area contributed by atoms with Crippen LogP contribution in [0.2, 0.25) is 5.02 Å². The van der Waals surface area contributed by atoms with Crippen LogP contribution in [0.1, 0.15) is 22.3 Å². The molecule has 1 aromatic carbocycles. The zero-order chi connectivity index (χ0) is 18.8. The Morgan fingerprint density at radius 1 is 1.31 bits per heavy atom. The number of anilines is 2. The Bertz CT molecular complexity index is 922. The fourth-order valence-electron chi connectivity index (χ4n) is 2.28. The molecule has 2 aromatic rings. The van der Waals surface area contributed by atoms with E-state index in [2.05, 4.69) is 15.6 Å². The second kappa shape index (κ2) is 7.06. The molecule has 9 heteroatoms. The van der Waals surface area contributed by atoms with Gasteiger partial charge in [-0.25, -0.2) is 13.8 Å². The van der Waals surface area contributed by atoms with Crippen molar-refractivity contribution in [3.05, 3.63) is 52.4 Å². The highest BCUT2D eigenvalue weighted by Gasteiger charge is 2.43. The van der Waals surface area contributed by atoms with Crippen molar-refractivity contribution in [2.45, 2.75) is 12.6 Å². The van der Waals surface area contributed by atoms with Gasteiger partial charge in [0.25, 0.3) is 5.91 Å². The minimum absolute atomic E-state index is 0.01000. The Hall–Kier alpha value is -3.05. The van der Waals surface area contributed by atoms with Crippen LogP contribution < -0.4 is 10.6 Å². The topological polar surface area (TPSA) is 94.9 Å². The van der Waals surface area contributed by atoms with Gasteiger partial charge in [-0.1, -0.05) is 11.6 Å². The summed E-state index contributed by atoms with van der Waals surface area (Å²) in [7, 11) is 0. The lowest BCUT2D eigenvalue weighted by Gasteiger charge is -2.10. The van der Waals surface area contributed by atoms with Gasteiger partial charge in [0, 0.05) is 18.0 Å². The van der Waals surface area contributed by atoms with Crippen molar-refractivity contribution in [3.8, 4) is 6.07 Å². The van der Waals surface area contributed by atoms with Gasteiger partial charge in [-0.05, 0) is 24.6 Å². The molecule has 1 saturated carbocycles. The third-order valence-corrected chi connectivity index (χ3v) is 4.01. The number of carbonyl (C=O) groups excluding carboxylic acids is 2. The molecule has 2 N–H and O–H groups in total. The molecule has 6 nitrogen and oxygen atoms in total. The average Bonchev–Trinajstić information content (AvgIpc) is 3.31. The maximum atomic E-state index is 14.0. The fraction of sp³-hybridized carbons (Fsp3) is 0.176. The molecule has 3 rings (SSSR count). The van der Waals surface area contributed by atoms with Crippen molar-refractivity contribution in [2.24, 2.45) is 5.92 Å². The van der Waals surface area contributed by atoms with Crippen LogP contribution in [0.15, 0.2) is 30.5 Å². The van der Waals surface area contributed by atoms with Crippen molar-refractivity contribution in [1.82, 2.24) is 4.98 Å². The second-order valence-corrected chi connectivity index (χ2v) is 6.07. The van der Waals surface area contributed by atoms with Crippen LogP contribution >= 0.6 is 11.6 Å². The van der Waals surface area contributed by atoms with Crippen LogP contribution in [0, 0.1) is 23.1 Å². The molecule has 2 atom stereocenters. The zero-order valence-corrected chi connectivity index (χ0v) is 13.8. The Labute approximate surface area is 151 Å². The van der Waals surface area contributed by atoms with Crippen molar-refractivity contribution in [1.29, 1.82) is 5.26 Å². The van der Waals surface area contributed by atoms with Crippen LogP contribution in [0.25, 0.3) is 0 Å². The van der Waals surface area contributed by atoms with Gasteiger partial charge in [-0.15, -0.1) is 0 Å². The van der Waals surface area contributed by atoms with E-state index in [0.717, 1.165) is 6.07 Å². The summed E-state index contributed by atoms with van der Waals surface area (Å²) in [5.74, 6) is -2.81. The molecule has 1 aromatic heterocycles. The number of aromatic nitrogens is 1. The highest BCUT2D eigenvalue weighted by atomic mass is 35.5. The highest BCUT2D eigenvalue weighted by Crippen LogP contribution is 2.34. The molecule has 0 spiro atoms. The molecule has 132 valence electrons. The molecule has 1 heterocycles. The molecule has 1 fully saturated rings. The number of halogens is 3. The zero-order valence-electron chi connectivity index (χ0n) is 13.1. The van der Waals surface area contributed by atoms with Gasteiger partial charge in [0.2, 0.25) is 5.91 Å². The van der Waals surface area contributed by atoms with Crippen molar-refractivity contribution in [2.75, 3.05) is 10.6 Å². The standard InChI is InChI=1S/C17H11ClF2N4O2/c18-11-3-8(7-21)4-13(20)15(11)17(26)23-9-1-2-22-14(5-9)24-16(25)10-6-12(10)19/h1-5,10,12H,6H2,(H2,22,23,24,25,26)/t10?,12-/m1/s1. The van der Waals surface area contributed by atoms with Gasteiger partial charge in [-0.3, -0.25) is 9.59 Å². The normalized spacial score (nSPS) is 17.9. The second-order valence-electron chi connectivity index (χ2n) is 5.66. The van der Waals surface area contributed by atoms with Crippen molar-refractivity contribution >= 4 is 34.9 Å². The van der Waals surface area contributed by atoms with E-state index in [9.17, 15) is 18.4 Å². The minimum atomic E-state index is -1.14. The lowest BCUT2D eigenvalue weighted by atomic mass is 10.1. The first-order valence-electron chi connectivity index (χ1n) is 7.50. The van der Waals surface area contributed by atoms with E-state index in [1.165, 1.54) is 24.4 Å². The number of pyridine rings is 1. The summed E-state index contributed by atoms with van der Waals surface area (Å²) in [6.45, 7) is 0. The summed E-state index contributed by atoms with van der Waals surface area (Å²) in [6, 6.07) is 6.60. The van der Waals surface area contributed by atoms with E-state index in [0.29, 0.717) is 0 Å². The maximum Gasteiger partial charge on any atom is 0.260 e. The fourth-order valence-corrected chi connectivity index (χ4v) is 2.57. The summed E-state index contributed by atoms with van der Waals surface area (Å²) in [4.78, 5) is 27.9. The lowest BCUT2D eigenvalue weighted by molar-refractivity contribution is -0.117. The summed E-state index contributed by atoms with van der Waals surface area (Å²) < 4.78 is 26.9. The van der Waals surface area contributed by atoms with Crippen molar-refractivity contribution in [3.63, 3.8) is 0 Å². The number of carbonyl (C=O) groups is 2. The maximum absolute atomic E-state index is 14.0. The van der Waals surface area contributed by atoms with Gasteiger partial charge in [0.1, 0.15) is 17.8 Å². The van der Waals surface area contributed by atoms with Gasteiger partial charge in [-0.2, -0.15) is 5.26 Å². The third-order valence-electron chi connectivity index (χ3n) is 3.72. The van der Waals surface area contributed by atoms with Crippen LogP contribution in [0.4, 0.5) is 20.3 Å². The van der Waals surface area contributed by atoms with Crippen LogP contribution in [0.5, 0.6) is 0 Å². The first-order chi connectivity index (χ1) is 12.4. The first-order valence-corrected chi connectivity index (χ1v) is 7.88. The smallest absolute Gasteiger partial charge is 0.260 e. The number of rotatable bonds is 4. The molecular formula is C17H11ClF2N4O2. The third kappa shape index (κ3) is 3.78. The number of alkyl halides is 1. The van der Waals surface area contributed by atoms with Gasteiger partial charge < -0.3 is 10.6 Å². The van der Waals surface area contributed by atoms with Crippen molar-refractivity contribution < 1.29 is 18.4 Å². The van der Waals surface area contributed by atoms with Crippen LogP contribution in [-0.2, 0) is 4.79 Å². The van der Waals surface area contributed by atoms with Crippen LogP contribution in [0.3, 0.4) is 0 Å². The molecule has 1 aliphatic carbocycles. The number of nitrogens with zero attached hydrogens (tertiary/aromatic N) is 2. The molecule has 1 unspecified atom stereocenters. The SMILES string of the molecule is N#Cc1cc(F)c(C(=O)Nc2ccnc(NC(=O)C3C[C@H]3F)c2)c(Cl)c1. The Kier molecular flexibility index (Phi) is 4.82. The minimum Gasteiger partial charge on any atom is -0.322 e. The Morgan fingerprint density at radius 2 is 2.04 bits per heavy atom. The number of hydrogen-bond donors (Lipinski definition) is 2. The summed E-state index contributed by atoms with van der Waals surface area (Å²) in [6.07, 6.45) is 0.361. The first kappa shape index (κ1) is 17.8. The molecule has 0 bridgehead atoms. The number of nitriles is 1. The van der Waals surface area contributed by atoms with E-state index in [1.54, 1.807) is 6.07 Å². The molecule has 1 aliphatic rings. The van der Waals surface area contributed by atoms with E-state index >= 15 is 0 Å². The van der Waals surface area contributed by atoms with E-state index in [-0.39, 0.29) is 28.5 Å². The molecule has 2 amide bonds. The Balaban J connectivity index is 1.75. The number of amides is 2. The average molecular weight is 377 g/mol. The number of nitrogens with one attached hydrogen (secondary N) is 2. The lowest BCUT2D eigenvalue weighted by Crippen LogP contribution is -2.17. The molecule has 26 heavy (non-hydrogen) atoms. The number of benzene rings is 1. The van der Waals surface area contributed by atoms with E-state index < -0.39 is 35.3 Å². The summed E-state index contributed by atoms with van der Waals surface area (Å²) in [5.41, 5.74) is -0.191. The summed E-state index contributed by atoms with van der Waals surface area (Å²) >= 11 is 5.87. The van der Waals surface area contributed by atoms with E-state index in [4.69, 9.17) is 16.9 Å². The largest absolute Gasteiger partial charge is 0.322 e. The highest BCUT2D eigenvalue weighted by molar-refractivity contribution is 6.34. The van der Waals surface area contributed by atoms with Gasteiger partial charge in [0.05, 0.1) is 28.1 Å². The van der Waals surface area contributed by atoms with Gasteiger partial charge >= 0.3 is 0 Å². The monoisotopic (exact) mass is 376 g/mol. The predicted octanol–water partition coefficient (Wildman–Crippen LogP) is 3.29. The molecular weight excluding hydrogens is 366 g/mol. The molecule has 0 saturated heterocycles. The van der Waals surface area contributed by atoms with Gasteiger partial charge in [0.15, 0.2) is 0 Å². The predicted molar refractivity (Wildman–Crippen MR) is 89.9 cm³/mol. The molecule has 0 radical (unpaired) electrons. The molecule has 0 aliphatic heterocycles. The summed E-state index contributed by atoms with van der Waals surface area (Å²) in [5, 5.41) is 13.4. The van der Waals surface area contributed by atoms with Crippen LogP contribution in [-0.4, -0.2) is 23.0 Å². The Morgan fingerprint density at radius 3 is 2.65 bits per heavy atom. The van der Waals surface area contributed by atoms with E-state index in [1.807, 2.05) is 0 Å². The quantitative estimate of drug-likeness (QED) is 0.855. The number of hydrogen-bond acceptors (Lipinski definition) is 4.